The molecule has 0 radical (unpaired) electrons. The van der Waals surface area contributed by atoms with Gasteiger partial charge in [0.15, 0.2) is 0 Å². The van der Waals surface area contributed by atoms with Crippen molar-refractivity contribution in [2.75, 3.05) is 19.6 Å². The first-order valence-corrected chi connectivity index (χ1v) is 6.42. The molecule has 114 valence electrons. The van der Waals surface area contributed by atoms with Gasteiger partial charge in [0, 0.05) is 25.7 Å². The predicted octanol–water partition coefficient (Wildman–Crippen LogP) is 0.530. The molecule has 0 aromatic rings. The van der Waals surface area contributed by atoms with E-state index in [-0.39, 0.29) is 19.1 Å². The Kier molecular flexibility index (Phi) is 4.95. The molecule has 1 rings (SSSR count). The van der Waals surface area contributed by atoms with E-state index in [4.69, 9.17) is 5.73 Å². The zero-order chi connectivity index (χ0) is 15.7. The number of alkyl halides is 3. The molecule has 1 fully saturated rings. The second-order valence-electron chi connectivity index (χ2n) is 4.84. The van der Waals surface area contributed by atoms with E-state index in [1.807, 2.05) is 0 Å². The van der Waals surface area contributed by atoms with Crippen molar-refractivity contribution in [3.63, 3.8) is 0 Å². The van der Waals surface area contributed by atoms with Crippen LogP contribution in [0.25, 0.3) is 0 Å². The van der Waals surface area contributed by atoms with Gasteiger partial charge in [0.05, 0.1) is 4.99 Å². The molecule has 0 spiro atoms. The molecule has 1 unspecified atom stereocenters. The summed E-state index contributed by atoms with van der Waals surface area (Å²) >= 11 is 4.39. The minimum atomic E-state index is -4.63. The number of rotatable bonds is 4. The van der Waals surface area contributed by atoms with Crippen LogP contribution in [0.15, 0.2) is 0 Å². The monoisotopic (exact) mass is 311 g/mol. The highest BCUT2D eigenvalue weighted by Crippen LogP contribution is 2.28. The van der Waals surface area contributed by atoms with Crippen molar-refractivity contribution in [3.05, 3.63) is 0 Å². The van der Waals surface area contributed by atoms with Gasteiger partial charge in [-0.25, -0.2) is 0 Å². The Morgan fingerprint density at radius 2 is 1.85 bits per heavy atom. The van der Waals surface area contributed by atoms with Gasteiger partial charge in [-0.05, 0) is 13.8 Å². The Morgan fingerprint density at radius 1 is 1.30 bits per heavy atom. The topological polar surface area (TPSA) is 66.6 Å². The fourth-order valence-corrected chi connectivity index (χ4v) is 2.14. The predicted molar refractivity (Wildman–Crippen MR) is 69.8 cm³/mol. The minimum Gasteiger partial charge on any atom is -0.393 e. The number of piperazine rings is 1. The fraction of sp³-hybridized carbons (Fsp3) is 0.727. The maximum Gasteiger partial charge on any atom is 0.399 e. The summed E-state index contributed by atoms with van der Waals surface area (Å²) in [5.41, 5.74) is 5.07. The first-order valence-electron chi connectivity index (χ1n) is 6.01. The van der Waals surface area contributed by atoms with Crippen LogP contribution in [0.1, 0.15) is 13.8 Å². The van der Waals surface area contributed by atoms with Crippen LogP contribution in [0.4, 0.5) is 13.2 Å². The molecule has 5 nitrogen and oxygen atoms in total. The Balaban J connectivity index is 2.82. The molecule has 1 aliphatic heterocycles. The van der Waals surface area contributed by atoms with Crippen LogP contribution < -0.4 is 5.73 Å². The number of hydrogen-bond donors (Lipinski definition) is 1. The summed E-state index contributed by atoms with van der Waals surface area (Å²) in [6.45, 7) is 2.99. The third-order valence-electron chi connectivity index (χ3n) is 3.11. The Hall–Kier alpha value is -1.38. The molecule has 0 aromatic heterocycles. The first-order chi connectivity index (χ1) is 9.05. The van der Waals surface area contributed by atoms with E-state index in [2.05, 4.69) is 12.2 Å². The number of halogens is 3. The first kappa shape index (κ1) is 16.7. The molecule has 0 aromatic carbocycles. The lowest BCUT2D eigenvalue weighted by Crippen LogP contribution is -2.58. The van der Waals surface area contributed by atoms with Crippen molar-refractivity contribution in [2.45, 2.75) is 26.1 Å². The number of amides is 2. The van der Waals surface area contributed by atoms with E-state index in [0.717, 1.165) is 4.90 Å². The molecule has 2 N–H and O–H groups in total. The quantitative estimate of drug-likeness (QED) is 0.607. The number of thiocarbonyl (C=S) groups is 1. The molecule has 1 atom stereocenters. The highest BCUT2D eigenvalue weighted by molar-refractivity contribution is 7.80. The molecule has 9 heteroatoms. The summed E-state index contributed by atoms with van der Waals surface area (Å²) < 4.78 is 38.3. The smallest absolute Gasteiger partial charge is 0.393 e. The van der Waals surface area contributed by atoms with E-state index in [0.29, 0.717) is 0 Å². The molecule has 0 saturated carbocycles. The number of carbonyl (C=O) groups excluding carboxylic acids is 2. The van der Waals surface area contributed by atoms with Crippen LogP contribution in [-0.4, -0.2) is 58.5 Å². The molecule has 1 heterocycles. The maximum atomic E-state index is 12.8. The molecule has 0 bridgehead atoms. The van der Waals surface area contributed by atoms with Gasteiger partial charge < -0.3 is 15.5 Å². The SMILES string of the molecule is CC(C)N1CCN(CC(C(N)=S)C(F)(F)F)C(=O)C1=O. The normalized spacial score (nSPS) is 18.7. The number of nitrogens with zero attached hydrogens (tertiary/aromatic N) is 2. The van der Waals surface area contributed by atoms with Crippen molar-refractivity contribution < 1.29 is 22.8 Å². The van der Waals surface area contributed by atoms with Crippen LogP contribution in [0, 0.1) is 5.92 Å². The van der Waals surface area contributed by atoms with Gasteiger partial charge >= 0.3 is 18.0 Å². The molecular formula is C11H16F3N3O2S. The number of hydrogen-bond acceptors (Lipinski definition) is 3. The standard InChI is InChI=1S/C11H16F3N3O2S/c1-6(2)17-4-3-16(9(18)10(17)19)5-7(8(15)20)11(12,13)14/h6-7H,3-5H2,1-2H3,(H2,15,20). The van der Waals surface area contributed by atoms with Crippen LogP contribution >= 0.6 is 12.2 Å². The van der Waals surface area contributed by atoms with E-state index < -0.39 is 35.4 Å². The lowest BCUT2D eigenvalue weighted by Gasteiger charge is -2.37. The summed E-state index contributed by atoms with van der Waals surface area (Å²) in [5, 5.41) is 0. The number of nitrogens with two attached hydrogens (primary N) is 1. The van der Waals surface area contributed by atoms with Gasteiger partial charge in [0.1, 0.15) is 5.92 Å². The summed E-state index contributed by atoms with van der Waals surface area (Å²) in [6, 6.07) is -0.178. The highest BCUT2D eigenvalue weighted by Gasteiger charge is 2.45. The van der Waals surface area contributed by atoms with Gasteiger partial charge in [0.2, 0.25) is 0 Å². The van der Waals surface area contributed by atoms with Crippen LogP contribution in [0.3, 0.4) is 0 Å². The lowest BCUT2D eigenvalue weighted by molar-refractivity contribution is -0.169. The summed E-state index contributed by atoms with van der Waals surface area (Å²) in [5.74, 6) is -3.84. The number of carbonyl (C=O) groups is 2. The van der Waals surface area contributed by atoms with Gasteiger partial charge in [0.25, 0.3) is 0 Å². The highest BCUT2D eigenvalue weighted by atomic mass is 32.1. The van der Waals surface area contributed by atoms with Crippen molar-refractivity contribution in [1.29, 1.82) is 0 Å². The minimum absolute atomic E-state index is 0.0396. The van der Waals surface area contributed by atoms with E-state index in [1.54, 1.807) is 13.8 Å². The van der Waals surface area contributed by atoms with Gasteiger partial charge in [-0.2, -0.15) is 13.2 Å². The largest absolute Gasteiger partial charge is 0.399 e. The Bertz CT molecular complexity index is 426. The average Bonchev–Trinajstić information content (AvgIpc) is 2.28. The second-order valence-corrected chi connectivity index (χ2v) is 5.31. The van der Waals surface area contributed by atoms with Gasteiger partial charge in [-0.1, -0.05) is 12.2 Å². The molecule has 1 saturated heterocycles. The molecule has 2 amide bonds. The molecule has 0 aliphatic carbocycles. The van der Waals surface area contributed by atoms with Crippen LogP contribution in [0.5, 0.6) is 0 Å². The van der Waals surface area contributed by atoms with Crippen molar-refractivity contribution in [1.82, 2.24) is 9.80 Å². The fourth-order valence-electron chi connectivity index (χ4n) is 1.93. The van der Waals surface area contributed by atoms with E-state index in [9.17, 15) is 22.8 Å². The van der Waals surface area contributed by atoms with Crippen LogP contribution in [0.2, 0.25) is 0 Å². The van der Waals surface area contributed by atoms with E-state index in [1.165, 1.54) is 4.90 Å². The molecule has 20 heavy (non-hydrogen) atoms. The maximum absolute atomic E-state index is 12.8. The van der Waals surface area contributed by atoms with Crippen molar-refractivity contribution in [3.8, 4) is 0 Å². The lowest BCUT2D eigenvalue weighted by atomic mass is 10.1. The van der Waals surface area contributed by atoms with Gasteiger partial charge in [-0.3, -0.25) is 9.59 Å². The van der Waals surface area contributed by atoms with Gasteiger partial charge in [-0.15, -0.1) is 0 Å². The third-order valence-corrected chi connectivity index (χ3v) is 3.39. The third kappa shape index (κ3) is 3.59. The van der Waals surface area contributed by atoms with Crippen molar-refractivity contribution in [2.24, 2.45) is 11.7 Å². The summed E-state index contributed by atoms with van der Waals surface area (Å²) in [7, 11) is 0. The summed E-state index contributed by atoms with van der Waals surface area (Å²) in [4.78, 5) is 25.0. The average molecular weight is 311 g/mol. The van der Waals surface area contributed by atoms with Crippen LogP contribution in [-0.2, 0) is 9.59 Å². The zero-order valence-electron chi connectivity index (χ0n) is 11.1. The molecular weight excluding hydrogens is 295 g/mol. The second kappa shape index (κ2) is 5.94. The summed E-state index contributed by atoms with van der Waals surface area (Å²) in [6.07, 6.45) is -4.63. The van der Waals surface area contributed by atoms with Crippen molar-refractivity contribution >= 4 is 29.0 Å². The Labute approximate surface area is 119 Å². The zero-order valence-corrected chi connectivity index (χ0v) is 11.9. The van der Waals surface area contributed by atoms with E-state index >= 15 is 0 Å². The Morgan fingerprint density at radius 3 is 2.25 bits per heavy atom. The molecule has 1 aliphatic rings.